The third-order valence-electron chi connectivity index (χ3n) is 2.73. The Balaban J connectivity index is 2.47. The van der Waals surface area contributed by atoms with Gasteiger partial charge in [-0.3, -0.25) is 0 Å². The maximum absolute atomic E-state index is 13.9. The van der Waals surface area contributed by atoms with Gasteiger partial charge in [0.2, 0.25) is 0 Å². The maximum atomic E-state index is 13.9. The van der Waals surface area contributed by atoms with E-state index in [-0.39, 0.29) is 5.82 Å². The number of alkyl halides is 1. The van der Waals surface area contributed by atoms with Crippen LogP contribution in [0.2, 0.25) is 0 Å². The first-order valence-electron chi connectivity index (χ1n) is 5.46. The van der Waals surface area contributed by atoms with Gasteiger partial charge in [-0.25, -0.2) is 4.39 Å². The van der Waals surface area contributed by atoms with Crippen molar-refractivity contribution in [2.24, 2.45) is 0 Å². The van der Waals surface area contributed by atoms with Gasteiger partial charge in [-0.15, -0.1) is 11.6 Å². The summed E-state index contributed by atoms with van der Waals surface area (Å²) in [7, 11) is 1.59. The van der Waals surface area contributed by atoms with Gasteiger partial charge in [-0.2, -0.15) is 0 Å². The van der Waals surface area contributed by atoms with Gasteiger partial charge in [-0.1, -0.05) is 44.0 Å². The minimum atomic E-state index is -0.587. The lowest BCUT2D eigenvalue weighted by atomic mass is 10.0. The van der Waals surface area contributed by atoms with Crippen molar-refractivity contribution < 1.29 is 9.13 Å². The molecular formula is C14H10Br2ClFO. The summed E-state index contributed by atoms with van der Waals surface area (Å²) in [5.74, 6) is 0.379. The number of ether oxygens (including phenoxy) is 1. The van der Waals surface area contributed by atoms with Crippen LogP contribution in [0.15, 0.2) is 45.3 Å². The minimum Gasteiger partial charge on any atom is -0.497 e. The zero-order valence-corrected chi connectivity index (χ0v) is 13.9. The van der Waals surface area contributed by atoms with E-state index in [9.17, 15) is 4.39 Å². The molecule has 1 nitrogen and oxygen atoms in total. The first kappa shape index (κ1) is 14.8. The quantitative estimate of drug-likeness (QED) is 0.593. The predicted octanol–water partition coefficient (Wildman–Crippen LogP) is 5.69. The van der Waals surface area contributed by atoms with Crippen LogP contribution in [0.4, 0.5) is 4.39 Å². The van der Waals surface area contributed by atoms with Crippen LogP contribution in [0.5, 0.6) is 5.75 Å². The summed E-state index contributed by atoms with van der Waals surface area (Å²) in [6, 6.07) is 10.2. The van der Waals surface area contributed by atoms with Crippen LogP contribution in [-0.2, 0) is 0 Å². The van der Waals surface area contributed by atoms with E-state index in [1.54, 1.807) is 31.4 Å². The molecule has 0 heterocycles. The number of rotatable bonds is 3. The molecule has 0 spiro atoms. The highest BCUT2D eigenvalue weighted by Crippen LogP contribution is 2.39. The van der Waals surface area contributed by atoms with E-state index in [4.69, 9.17) is 16.3 Å². The molecule has 0 saturated carbocycles. The molecular weight excluding hydrogens is 398 g/mol. The number of methoxy groups -OCH3 is 1. The molecule has 0 fully saturated rings. The van der Waals surface area contributed by atoms with Crippen molar-refractivity contribution in [2.45, 2.75) is 5.38 Å². The van der Waals surface area contributed by atoms with Gasteiger partial charge in [0.25, 0.3) is 0 Å². The predicted molar refractivity (Wildman–Crippen MR) is 82.5 cm³/mol. The van der Waals surface area contributed by atoms with Crippen molar-refractivity contribution >= 4 is 43.5 Å². The summed E-state index contributed by atoms with van der Waals surface area (Å²) >= 11 is 13.2. The highest BCUT2D eigenvalue weighted by atomic mass is 79.9. The molecule has 0 saturated heterocycles. The van der Waals surface area contributed by atoms with Gasteiger partial charge in [-0.05, 0) is 29.8 Å². The molecule has 2 aromatic rings. The van der Waals surface area contributed by atoms with Crippen LogP contribution in [0, 0.1) is 5.82 Å². The van der Waals surface area contributed by atoms with Crippen molar-refractivity contribution in [1.82, 2.24) is 0 Å². The van der Waals surface area contributed by atoms with E-state index in [2.05, 4.69) is 31.9 Å². The maximum Gasteiger partial charge on any atom is 0.129 e. The largest absolute Gasteiger partial charge is 0.497 e. The van der Waals surface area contributed by atoms with Crippen LogP contribution in [0.3, 0.4) is 0 Å². The molecule has 0 N–H and O–H groups in total. The normalized spacial score (nSPS) is 12.3. The van der Waals surface area contributed by atoms with Gasteiger partial charge in [0.1, 0.15) is 11.6 Å². The fourth-order valence-electron chi connectivity index (χ4n) is 1.75. The molecule has 0 aliphatic heterocycles. The van der Waals surface area contributed by atoms with Crippen LogP contribution < -0.4 is 4.74 Å². The molecule has 0 radical (unpaired) electrons. The molecule has 19 heavy (non-hydrogen) atoms. The minimum absolute atomic E-state index is 0.336. The third kappa shape index (κ3) is 3.12. The second kappa shape index (κ2) is 6.25. The van der Waals surface area contributed by atoms with Crippen molar-refractivity contribution in [1.29, 1.82) is 0 Å². The standard InChI is InChI=1S/C14H10Br2ClFO/c1-19-8-5-6-9(11(16)7-8)14(17)13-10(15)3-2-4-12(13)18/h2-7,14H,1H3. The summed E-state index contributed by atoms with van der Waals surface area (Å²) in [6.07, 6.45) is 0. The van der Waals surface area contributed by atoms with Crippen LogP contribution >= 0.6 is 43.5 Å². The Labute approximate surface area is 133 Å². The van der Waals surface area contributed by atoms with Gasteiger partial charge < -0.3 is 4.74 Å². The molecule has 2 aromatic carbocycles. The van der Waals surface area contributed by atoms with Crippen molar-refractivity contribution in [3.63, 3.8) is 0 Å². The first-order chi connectivity index (χ1) is 9.04. The summed E-state index contributed by atoms with van der Waals surface area (Å²) < 4.78 is 20.5. The first-order valence-corrected chi connectivity index (χ1v) is 7.48. The fraction of sp³-hybridized carbons (Fsp3) is 0.143. The summed E-state index contributed by atoms with van der Waals surface area (Å²) in [6.45, 7) is 0. The van der Waals surface area contributed by atoms with Crippen molar-refractivity contribution in [2.75, 3.05) is 7.11 Å². The molecule has 0 aromatic heterocycles. The van der Waals surface area contributed by atoms with E-state index in [0.29, 0.717) is 15.8 Å². The van der Waals surface area contributed by atoms with Crippen molar-refractivity contribution in [3.8, 4) is 5.75 Å². The zero-order valence-electron chi connectivity index (χ0n) is 9.96. The lowest BCUT2D eigenvalue weighted by Gasteiger charge is -2.15. The van der Waals surface area contributed by atoms with E-state index in [0.717, 1.165) is 10.0 Å². The van der Waals surface area contributed by atoms with Crippen LogP contribution in [-0.4, -0.2) is 7.11 Å². The Bertz CT molecular complexity index is 584. The number of benzene rings is 2. The fourth-order valence-corrected chi connectivity index (χ4v) is 3.58. The molecule has 0 aliphatic carbocycles. The average molecular weight is 408 g/mol. The monoisotopic (exact) mass is 406 g/mol. The highest BCUT2D eigenvalue weighted by molar-refractivity contribution is 9.10. The molecule has 0 amide bonds. The number of hydrogen-bond donors (Lipinski definition) is 0. The van der Waals surface area contributed by atoms with Gasteiger partial charge in [0.15, 0.2) is 0 Å². The Hall–Kier alpha value is -0.580. The van der Waals surface area contributed by atoms with Crippen molar-refractivity contribution in [3.05, 3.63) is 62.3 Å². The molecule has 1 unspecified atom stereocenters. The molecule has 100 valence electrons. The van der Waals surface area contributed by atoms with E-state index in [1.165, 1.54) is 6.07 Å². The second-order valence-electron chi connectivity index (χ2n) is 3.89. The lowest BCUT2D eigenvalue weighted by Crippen LogP contribution is -1.99. The topological polar surface area (TPSA) is 9.23 Å². The van der Waals surface area contributed by atoms with Gasteiger partial charge in [0.05, 0.1) is 12.5 Å². The summed E-state index contributed by atoms with van der Waals surface area (Å²) in [4.78, 5) is 0. The zero-order chi connectivity index (χ0) is 14.0. The Morgan fingerprint density at radius 3 is 2.47 bits per heavy atom. The Kier molecular flexibility index (Phi) is 4.87. The molecule has 5 heteroatoms. The molecule has 0 aliphatic rings. The van der Waals surface area contributed by atoms with Crippen LogP contribution in [0.1, 0.15) is 16.5 Å². The Morgan fingerprint density at radius 2 is 1.89 bits per heavy atom. The lowest BCUT2D eigenvalue weighted by molar-refractivity contribution is 0.414. The third-order valence-corrected chi connectivity index (χ3v) is 4.57. The summed E-state index contributed by atoms with van der Waals surface area (Å²) in [5.41, 5.74) is 1.21. The van der Waals surface area contributed by atoms with E-state index >= 15 is 0 Å². The molecule has 1 atom stereocenters. The Morgan fingerprint density at radius 1 is 1.16 bits per heavy atom. The SMILES string of the molecule is COc1ccc(C(Cl)c2c(F)cccc2Br)c(Br)c1. The average Bonchev–Trinajstić information content (AvgIpc) is 2.38. The molecule has 2 rings (SSSR count). The number of halogens is 4. The van der Waals surface area contributed by atoms with Gasteiger partial charge >= 0.3 is 0 Å². The highest BCUT2D eigenvalue weighted by Gasteiger charge is 2.20. The smallest absolute Gasteiger partial charge is 0.129 e. The van der Waals surface area contributed by atoms with E-state index < -0.39 is 5.38 Å². The van der Waals surface area contributed by atoms with E-state index in [1.807, 2.05) is 6.07 Å². The second-order valence-corrected chi connectivity index (χ2v) is 6.03. The van der Waals surface area contributed by atoms with Gasteiger partial charge in [0, 0.05) is 14.5 Å². The number of hydrogen-bond acceptors (Lipinski definition) is 1. The van der Waals surface area contributed by atoms with Crippen LogP contribution in [0.25, 0.3) is 0 Å². The summed E-state index contributed by atoms with van der Waals surface area (Å²) in [5, 5.41) is -0.587. The molecule has 0 bridgehead atoms.